The number of fused-ring (bicyclic) bond motifs is 2. The Morgan fingerprint density at radius 3 is 3.16 bits per heavy atom. The van der Waals surface area contributed by atoms with Crippen molar-refractivity contribution in [3.05, 3.63) is 34.4 Å². The Balaban J connectivity index is 1.41. The molecule has 0 aliphatic carbocycles. The van der Waals surface area contributed by atoms with Crippen molar-refractivity contribution in [1.82, 2.24) is 14.9 Å². The number of aryl methyl sites for hydroxylation is 1. The molecule has 25 heavy (non-hydrogen) atoms. The predicted molar refractivity (Wildman–Crippen MR) is 91.8 cm³/mol. The molecule has 7 heteroatoms. The number of hydrogen-bond donors (Lipinski definition) is 1. The van der Waals surface area contributed by atoms with Gasteiger partial charge in [-0.2, -0.15) is 0 Å². The molecule has 3 heterocycles. The molecule has 0 bridgehead atoms. The molecule has 4 rings (SSSR count). The monoisotopic (exact) mass is 343 g/mol. The third-order valence-electron chi connectivity index (χ3n) is 4.71. The molecule has 7 nitrogen and oxygen atoms in total. The fourth-order valence-corrected chi connectivity index (χ4v) is 3.39. The van der Waals surface area contributed by atoms with E-state index < -0.39 is 0 Å². The molecule has 0 radical (unpaired) electrons. The van der Waals surface area contributed by atoms with Gasteiger partial charge < -0.3 is 14.8 Å². The molecule has 1 saturated heterocycles. The van der Waals surface area contributed by atoms with E-state index in [1.165, 1.54) is 0 Å². The number of benzene rings is 1. The van der Waals surface area contributed by atoms with Crippen LogP contribution in [0, 0.1) is 0 Å². The minimum Gasteiger partial charge on any atom is -0.484 e. The smallest absolute Gasteiger partial charge is 0.261 e. The van der Waals surface area contributed by atoms with Gasteiger partial charge in [0.2, 0.25) is 0 Å². The third kappa shape index (κ3) is 3.37. The summed E-state index contributed by atoms with van der Waals surface area (Å²) in [5, 5.41) is 3.34. The van der Waals surface area contributed by atoms with Gasteiger partial charge in [-0.15, -0.1) is 0 Å². The van der Waals surface area contributed by atoms with E-state index in [-0.39, 0.29) is 24.2 Å². The van der Waals surface area contributed by atoms with Crippen molar-refractivity contribution in [2.75, 3.05) is 19.8 Å². The van der Waals surface area contributed by atoms with E-state index in [1.54, 1.807) is 22.8 Å². The highest BCUT2D eigenvalue weighted by Crippen LogP contribution is 2.19. The first kappa shape index (κ1) is 16.1. The van der Waals surface area contributed by atoms with Crippen molar-refractivity contribution in [3.8, 4) is 5.75 Å². The fraction of sp³-hybridized carbons (Fsp3) is 0.500. The predicted octanol–water partition coefficient (Wildman–Crippen LogP) is 1.02. The lowest BCUT2D eigenvalue weighted by Crippen LogP contribution is -2.35. The maximum atomic E-state index is 12.5. The standard InChI is InChI=1S/C18H21N3O4/c22-17(19-10-13-3-2-8-24-13)11-25-12-5-6-15-14(9-12)18(23)21-7-1-4-16(21)20-15/h5-6,9,13H,1-4,7-8,10-11H2,(H,19,22). The van der Waals surface area contributed by atoms with Gasteiger partial charge in [-0.05, 0) is 37.5 Å². The molecule has 1 aromatic carbocycles. The average molecular weight is 343 g/mol. The van der Waals surface area contributed by atoms with E-state index >= 15 is 0 Å². The molecule has 1 N–H and O–H groups in total. The van der Waals surface area contributed by atoms with E-state index in [4.69, 9.17) is 9.47 Å². The minimum atomic E-state index is -0.195. The van der Waals surface area contributed by atoms with E-state index in [0.29, 0.717) is 29.7 Å². The second kappa shape index (κ2) is 6.84. The van der Waals surface area contributed by atoms with Crippen LogP contribution in [0.2, 0.25) is 0 Å². The largest absolute Gasteiger partial charge is 0.484 e. The van der Waals surface area contributed by atoms with Crippen molar-refractivity contribution in [2.24, 2.45) is 0 Å². The number of aromatic nitrogens is 2. The van der Waals surface area contributed by atoms with Gasteiger partial charge in [-0.25, -0.2) is 4.98 Å². The van der Waals surface area contributed by atoms with Gasteiger partial charge in [-0.3, -0.25) is 14.2 Å². The second-order valence-electron chi connectivity index (χ2n) is 6.50. The fourth-order valence-electron chi connectivity index (χ4n) is 3.39. The van der Waals surface area contributed by atoms with Crippen LogP contribution in [0.15, 0.2) is 23.0 Å². The normalized spacial score (nSPS) is 19.1. The van der Waals surface area contributed by atoms with E-state index in [0.717, 1.165) is 38.1 Å². The second-order valence-corrected chi connectivity index (χ2v) is 6.50. The van der Waals surface area contributed by atoms with Crippen LogP contribution < -0.4 is 15.6 Å². The molecule has 2 aromatic rings. The highest BCUT2D eigenvalue weighted by atomic mass is 16.5. The van der Waals surface area contributed by atoms with Gasteiger partial charge in [-0.1, -0.05) is 0 Å². The number of amides is 1. The number of nitrogens with zero attached hydrogens (tertiary/aromatic N) is 2. The summed E-state index contributed by atoms with van der Waals surface area (Å²) < 4.78 is 12.7. The van der Waals surface area contributed by atoms with Gasteiger partial charge in [0.1, 0.15) is 11.6 Å². The molecular formula is C18H21N3O4. The van der Waals surface area contributed by atoms with Crippen molar-refractivity contribution in [2.45, 2.75) is 38.3 Å². The van der Waals surface area contributed by atoms with Crippen LogP contribution >= 0.6 is 0 Å². The molecule has 1 aromatic heterocycles. The SMILES string of the molecule is O=C(COc1ccc2nc3n(c(=O)c2c1)CCC3)NCC1CCCO1. The molecule has 0 saturated carbocycles. The summed E-state index contributed by atoms with van der Waals surface area (Å²) in [4.78, 5) is 29.0. The van der Waals surface area contributed by atoms with Crippen LogP contribution in [0.3, 0.4) is 0 Å². The first-order valence-electron chi connectivity index (χ1n) is 8.75. The lowest BCUT2D eigenvalue weighted by Gasteiger charge is -2.12. The first-order chi connectivity index (χ1) is 12.2. The highest BCUT2D eigenvalue weighted by molar-refractivity contribution is 5.80. The number of carbonyl (C=O) groups excluding carboxylic acids is 1. The van der Waals surface area contributed by atoms with Crippen molar-refractivity contribution >= 4 is 16.8 Å². The third-order valence-corrected chi connectivity index (χ3v) is 4.71. The van der Waals surface area contributed by atoms with E-state index in [9.17, 15) is 9.59 Å². The quantitative estimate of drug-likeness (QED) is 0.876. The first-order valence-corrected chi connectivity index (χ1v) is 8.75. The summed E-state index contributed by atoms with van der Waals surface area (Å²) in [5.74, 6) is 1.15. The van der Waals surface area contributed by atoms with E-state index in [1.807, 2.05) is 0 Å². The van der Waals surface area contributed by atoms with Crippen LogP contribution in [0.25, 0.3) is 10.9 Å². The average Bonchev–Trinajstić information content (AvgIpc) is 3.30. The van der Waals surface area contributed by atoms with Crippen LogP contribution in [-0.2, 0) is 22.5 Å². The number of ether oxygens (including phenoxy) is 2. The minimum absolute atomic E-state index is 0.0363. The van der Waals surface area contributed by atoms with Crippen molar-refractivity contribution in [1.29, 1.82) is 0 Å². The summed E-state index contributed by atoms with van der Waals surface area (Å²) in [6.07, 6.45) is 3.92. The molecular weight excluding hydrogens is 322 g/mol. The lowest BCUT2D eigenvalue weighted by molar-refractivity contribution is -0.123. The van der Waals surface area contributed by atoms with Crippen LogP contribution in [0.1, 0.15) is 25.1 Å². The maximum Gasteiger partial charge on any atom is 0.261 e. The van der Waals surface area contributed by atoms with Gasteiger partial charge in [0, 0.05) is 26.1 Å². The van der Waals surface area contributed by atoms with Crippen molar-refractivity contribution < 1.29 is 14.3 Å². The van der Waals surface area contributed by atoms with Gasteiger partial charge >= 0.3 is 0 Å². The summed E-state index contributed by atoms with van der Waals surface area (Å²) in [7, 11) is 0. The lowest BCUT2D eigenvalue weighted by atomic mass is 10.2. The van der Waals surface area contributed by atoms with Gasteiger partial charge in [0.15, 0.2) is 6.61 Å². The zero-order valence-electron chi connectivity index (χ0n) is 14.0. The topological polar surface area (TPSA) is 82.5 Å². The summed E-state index contributed by atoms with van der Waals surface area (Å²) in [5.41, 5.74) is 0.638. The Bertz CT molecular complexity index is 855. The molecule has 1 atom stereocenters. The number of rotatable bonds is 5. The Morgan fingerprint density at radius 1 is 1.40 bits per heavy atom. The molecule has 1 unspecified atom stereocenters. The summed E-state index contributed by atoms with van der Waals surface area (Å²) in [6, 6.07) is 5.19. The van der Waals surface area contributed by atoms with Gasteiger partial charge in [0.25, 0.3) is 11.5 Å². The van der Waals surface area contributed by atoms with Crippen LogP contribution in [0.4, 0.5) is 0 Å². The number of carbonyl (C=O) groups is 1. The maximum absolute atomic E-state index is 12.5. The van der Waals surface area contributed by atoms with Crippen molar-refractivity contribution in [3.63, 3.8) is 0 Å². The highest BCUT2D eigenvalue weighted by Gasteiger charge is 2.17. The molecule has 1 amide bonds. The summed E-state index contributed by atoms with van der Waals surface area (Å²) >= 11 is 0. The number of nitrogens with one attached hydrogen (secondary N) is 1. The molecule has 2 aliphatic rings. The number of hydrogen-bond acceptors (Lipinski definition) is 5. The Hall–Kier alpha value is -2.41. The van der Waals surface area contributed by atoms with Crippen LogP contribution in [-0.4, -0.2) is 41.3 Å². The van der Waals surface area contributed by atoms with Gasteiger partial charge in [0.05, 0.1) is 17.0 Å². The molecule has 132 valence electrons. The zero-order valence-corrected chi connectivity index (χ0v) is 14.0. The van der Waals surface area contributed by atoms with Crippen LogP contribution in [0.5, 0.6) is 5.75 Å². The Kier molecular flexibility index (Phi) is 4.40. The zero-order chi connectivity index (χ0) is 17.2. The Morgan fingerprint density at radius 2 is 2.32 bits per heavy atom. The Labute approximate surface area is 145 Å². The molecule has 0 spiro atoms. The van der Waals surface area contributed by atoms with E-state index in [2.05, 4.69) is 10.3 Å². The molecule has 2 aliphatic heterocycles. The summed E-state index contributed by atoms with van der Waals surface area (Å²) in [6.45, 7) is 1.91. The molecule has 1 fully saturated rings.